The molecule has 1 atom stereocenters. The van der Waals surface area contributed by atoms with Crippen LogP contribution in [-0.4, -0.2) is 45.9 Å². The molecule has 2 aliphatic rings. The zero-order valence-electron chi connectivity index (χ0n) is 16.6. The first-order chi connectivity index (χ1) is 13.5. The molecule has 1 aromatic carbocycles. The number of nitrogens with zero attached hydrogens (tertiary/aromatic N) is 2. The topological polar surface area (TPSA) is 78.1 Å². The van der Waals surface area contributed by atoms with Gasteiger partial charge >= 0.3 is 0 Å². The number of fused-ring (bicyclic) bond motifs is 1. The number of nitrogens with one attached hydrogen (secondary N) is 2. The van der Waals surface area contributed by atoms with E-state index in [9.17, 15) is 9.59 Å². The molecule has 6 heteroatoms. The highest BCUT2D eigenvalue weighted by atomic mass is 16.2. The van der Waals surface area contributed by atoms with Crippen LogP contribution in [-0.2, 0) is 24.1 Å². The molecule has 1 saturated heterocycles. The van der Waals surface area contributed by atoms with Crippen LogP contribution >= 0.6 is 0 Å². The van der Waals surface area contributed by atoms with Gasteiger partial charge in [0.05, 0.1) is 6.42 Å². The average Bonchev–Trinajstić information content (AvgIpc) is 3.09. The van der Waals surface area contributed by atoms with Gasteiger partial charge < -0.3 is 10.3 Å². The number of piperidine rings is 1. The largest absolute Gasteiger partial charge is 0.352 e. The lowest BCUT2D eigenvalue weighted by Crippen LogP contribution is -2.51. The molecule has 1 aliphatic heterocycles. The van der Waals surface area contributed by atoms with E-state index in [2.05, 4.69) is 44.5 Å². The van der Waals surface area contributed by atoms with Gasteiger partial charge in [-0.15, -0.1) is 0 Å². The molecule has 1 aromatic heterocycles. The second-order valence-corrected chi connectivity index (χ2v) is 8.12. The second kappa shape index (κ2) is 7.87. The normalized spacial score (nSPS) is 20.1. The van der Waals surface area contributed by atoms with E-state index in [0.717, 1.165) is 38.8 Å². The van der Waals surface area contributed by atoms with Crippen molar-refractivity contribution in [1.82, 2.24) is 20.2 Å². The van der Waals surface area contributed by atoms with Gasteiger partial charge in [-0.05, 0) is 57.2 Å². The number of aryl methyl sites for hydroxylation is 2. The van der Waals surface area contributed by atoms with E-state index in [1.54, 1.807) is 13.8 Å². The number of rotatable bonds is 4. The minimum Gasteiger partial charge on any atom is -0.352 e. The molecule has 0 saturated carbocycles. The van der Waals surface area contributed by atoms with E-state index >= 15 is 0 Å². The van der Waals surface area contributed by atoms with Crippen molar-refractivity contribution in [3.05, 3.63) is 62.8 Å². The van der Waals surface area contributed by atoms with Crippen LogP contribution < -0.4 is 10.9 Å². The summed E-state index contributed by atoms with van der Waals surface area (Å²) in [5.74, 6) is 0.480. The van der Waals surface area contributed by atoms with Crippen LogP contribution in [0.3, 0.4) is 0 Å². The number of aromatic nitrogens is 2. The summed E-state index contributed by atoms with van der Waals surface area (Å²) in [7, 11) is 0. The van der Waals surface area contributed by atoms with Gasteiger partial charge in [0.25, 0.3) is 5.56 Å². The molecule has 1 aliphatic carbocycles. The van der Waals surface area contributed by atoms with Crippen molar-refractivity contribution in [3.63, 3.8) is 0 Å². The number of hydrogen-bond acceptors (Lipinski definition) is 4. The van der Waals surface area contributed by atoms with E-state index in [4.69, 9.17) is 0 Å². The van der Waals surface area contributed by atoms with Gasteiger partial charge in [-0.2, -0.15) is 0 Å². The number of H-pyrrole nitrogens is 1. The Morgan fingerprint density at radius 2 is 1.96 bits per heavy atom. The first-order valence-corrected chi connectivity index (χ1v) is 10.2. The van der Waals surface area contributed by atoms with Gasteiger partial charge in [0, 0.05) is 29.9 Å². The third-order valence-corrected chi connectivity index (χ3v) is 6.04. The zero-order chi connectivity index (χ0) is 19.7. The summed E-state index contributed by atoms with van der Waals surface area (Å²) in [6, 6.07) is 9.36. The Morgan fingerprint density at radius 1 is 1.25 bits per heavy atom. The molecule has 148 valence electrons. The molecule has 2 aromatic rings. The lowest BCUT2D eigenvalue weighted by molar-refractivity contribution is -0.121. The molecule has 1 fully saturated rings. The first-order valence-electron chi connectivity index (χ1n) is 10.2. The fraction of sp³-hybridized carbons (Fsp3) is 0.500. The van der Waals surface area contributed by atoms with E-state index in [0.29, 0.717) is 23.1 Å². The molecule has 4 rings (SSSR count). The third-order valence-electron chi connectivity index (χ3n) is 6.04. The number of carbonyl (C=O) groups is 1. The number of benzene rings is 1. The lowest BCUT2D eigenvalue weighted by Gasteiger charge is -2.37. The number of carbonyl (C=O) groups excluding carboxylic acids is 1. The molecule has 1 amide bonds. The molecule has 0 unspecified atom stereocenters. The number of aromatic amines is 1. The van der Waals surface area contributed by atoms with Gasteiger partial charge in [0.2, 0.25) is 5.91 Å². The summed E-state index contributed by atoms with van der Waals surface area (Å²) < 4.78 is 0. The number of hydrogen-bond donors (Lipinski definition) is 2. The first kappa shape index (κ1) is 18.9. The Labute approximate surface area is 165 Å². The molecular weight excluding hydrogens is 352 g/mol. The van der Waals surface area contributed by atoms with Crippen molar-refractivity contribution in [1.29, 1.82) is 0 Å². The highest BCUT2D eigenvalue weighted by Gasteiger charge is 2.31. The number of amides is 1. The molecule has 2 N–H and O–H groups in total. The standard InChI is InChI=1S/C22H28N4O2/c1-14-20(22(28)24-15(2)23-14)12-21(27)25-18-8-5-9-26(13-18)19-10-16-6-3-4-7-17(16)11-19/h3-4,6-7,18-19H,5,8-13H2,1-2H3,(H,25,27)(H,23,24,28)/t18-/m0/s1. The molecule has 0 bridgehead atoms. The highest BCUT2D eigenvalue weighted by Crippen LogP contribution is 2.27. The van der Waals surface area contributed by atoms with Crippen LogP contribution in [0.2, 0.25) is 0 Å². The quantitative estimate of drug-likeness (QED) is 0.846. The van der Waals surface area contributed by atoms with E-state index in [1.165, 1.54) is 11.1 Å². The Hall–Kier alpha value is -2.47. The zero-order valence-corrected chi connectivity index (χ0v) is 16.6. The van der Waals surface area contributed by atoms with Gasteiger partial charge in [-0.25, -0.2) is 4.98 Å². The van der Waals surface area contributed by atoms with Crippen molar-refractivity contribution in [2.75, 3.05) is 13.1 Å². The maximum atomic E-state index is 12.6. The Bertz CT molecular complexity index is 911. The summed E-state index contributed by atoms with van der Waals surface area (Å²) in [4.78, 5) is 34.2. The molecular formula is C22H28N4O2. The maximum Gasteiger partial charge on any atom is 0.254 e. The van der Waals surface area contributed by atoms with Crippen LogP contribution in [0, 0.1) is 13.8 Å². The monoisotopic (exact) mass is 380 g/mol. The van der Waals surface area contributed by atoms with Crippen LogP contribution in [0.1, 0.15) is 41.1 Å². The minimum atomic E-state index is -0.214. The summed E-state index contributed by atoms with van der Waals surface area (Å²) in [5, 5.41) is 3.15. The second-order valence-electron chi connectivity index (χ2n) is 8.12. The predicted molar refractivity (Wildman–Crippen MR) is 108 cm³/mol. The van der Waals surface area contributed by atoms with Crippen molar-refractivity contribution in [3.8, 4) is 0 Å². The third kappa shape index (κ3) is 4.02. The van der Waals surface area contributed by atoms with Gasteiger partial charge in [0.1, 0.15) is 5.82 Å². The molecule has 0 radical (unpaired) electrons. The van der Waals surface area contributed by atoms with Crippen molar-refractivity contribution >= 4 is 5.91 Å². The number of likely N-dealkylation sites (tertiary alicyclic amines) is 1. The van der Waals surface area contributed by atoms with Crippen LogP contribution in [0.4, 0.5) is 0 Å². The maximum absolute atomic E-state index is 12.6. The average molecular weight is 380 g/mol. The molecule has 2 heterocycles. The fourth-order valence-electron chi connectivity index (χ4n) is 4.65. The Balaban J connectivity index is 1.36. The van der Waals surface area contributed by atoms with Gasteiger partial charge in [-0.1, -0.05) is 24.3 Å². The van der Waals surface area contributed by atoms with E-state index < -0.39 is 0 Å². The van der Waals surface area contributed by atoms with Crippen molar-refractivity contribution < 1.29 is 4.79 Å². The van der Waals surface area contributed by atoms with Crippen LogP contribution in [0.25, 0.3) is 0 Å². The van der Waals surface area contributed by atoms with Crippen molar-refractivity contribution in [2.45, 2.75) is 58.0 Å². The van der Waals surface area contributed by atoms with E-state index in [-0.39, 0.29) is 23.9 Å². The lowest BCUT2D eigenvalue weighted by atomic mass is 10.0. The smallest absolute Gasteiger partial charge is 0.254 e. The molecule has 0 spiro atoms. The Morgan fingerprint density at radius 3 is 2.64 bits per heavy atom. The minimum absolute atomic E-state index is 0.0832. The van der Waals surface area contributed by atoms with Crippen LogP contribution in [0.15, 0.2) is 29.1 Å². The SMILES string of the molecule is Cc1nc(C)c(CC(=O)N[C@H]2CCCN(C3Cc4ccccc4C3)C2)c(=O)[nH]1. The predicted octanol–water partition coefficient (Wildman–Crippen LogP) is 1.68. The van der Waals surface area contributed by atoms with Gasteiger partial charge in [0.15, 0.2) is 0 Å². The van der Waals surface area contributed by atoms with Gasteiger partial charge in [-0.3, -0.25) is 14.5 Å². The summed E-state index contributed by atoms with van der Waals surface area (Å²) >= 11 is 0. The fourth-order valence-corrected chi connectivity index (χ4v) is 4.65. The highest BCUT2D eigenvalue weighted by molar-refractivity contribution is 5.79. The van der Waals surface area contributed by atoms with Crippen LogP contribution in [0.5, 0.6) is 0 Å². The summed E-state index contributed by atoms with van der Waals surface area (Å²) in [6.07, 6.45) is 4.35. The summed E-state index contributed by atoms with van der Waals surface area (Å²) in [6.45, 7) is 5.50. The summed E-state index contributed by atoms with van der Waals surface area (Å²) in [5.41, 5.74) is 3.79. The molecule has 28 heavy (non-hydrogen) atoms. The Kier molecular flexibility index (Phi) is 5.31. The van der Waals surface area contributed by atoms with E-state index in [1.807, 2.05) is 0 Å². The van der Waals surface area contributed by atoms with Crippen molar-refractivity contribution in [2.24, 2.45) is 0 Å². The molecule has 6 nitrogen and oxygen atoms in total.